The average molecular weight is 475 g/mol. The summed E-state index contributed by atoms with van der Waals surface area (Å²) in [5.41, 5.74) is 0.197. The molecule has 4 rings (SSSR count). The van der Waals surface area contributed by atoms with Crippen LogP contribution in [-0.4, -0.2) is 20.7 Å². The van der Waals surface area contributed by atoms with Gasteiger partial charge in [-0.1, -0.05) is 94.4 Å². The molecule has 5 atom stereocenters. The SMILES string of the molecule is C=CCC[C@@]12CC[C@@H](C)[C@@H](C=O)[C@@H]1[C@@H](O[Si](c1ccccc1)(c1ccccc1)C(C)(C)C)CC2. The van der Waals surface area contributed by atoms with Gasteiger partial charge in [0.05, 0.1) is 0 Å². The Morgan fingerprint density at radius 1 is 1.00 bits per heavy atom. The Hall–Kier alpha value is -1.97. The topological polar surface area (TPSA) is 26.3 Å². The highest BCUT2D eigenvalue weighted by molar-refractivity contribution is 6.99. The van der Waals surface area contributed by atoms with Crippen molar-refractivity contribution in [3.05, 3.63) is 73.3 Å². The minimum Gasteiger partial charge on any atom is -0.404 e. The molecular weight excluding hydrogens is 432 g/mol. The lowest BCUT2D eigenvalue weighted by Crippen LogP contribution is -2.68. The fourth-order valence-electron chi connectivity index (χ4n) is 7.26. The van der Waals surface area contributed by atoms with Crippen molar-refractivity contribution < 1.29 is 9.22 Å². The molecule has 0 radical (unpaired) electrons. The third-order valence-corrected chi connectivity index (χ3v) is 14.0. The van der Waals surface area contributed by atoms with Crippen LogP contribution in [0.15, 0.2) is 73.3 Å². The van der Waals surface area contributed by atoms with E-state index in [-0.39, 0.29) is 28.4 Å². The van der Waals surface area contributed by atoms with E-state index in [4.69, 9.17) is 4.43 Å². The van der Waals surface area contributed by atoms with Crippen LogP contribution in [0.25, 0.3) is 0 Å². The first-order valence-electron chi connectivity index (χ1n) is 13.1. The van der Waals surface area contributed by atoms with Crippen LogP contribution in [0.3, 0.4) is 0 Å². The predicted molar refractivity (Wildman–Crippen MR) is 145 cm³/mol. The highest BCUT2D eigenvalue weighted by Crippen LogP contribution is 2.59. The highest BCUT2D eigenvalue weighted by Gasteiger charge is 2.59. The lowest BCUT2D eigenvalue weighted by atomic mass is 9.58. The summed E-state index contributed by atoms with van der Waals surface area (Å²) in [7, 11) is -2.66. The molecule has 2 aliphatic rings. The number of fused-ring (bicyclic) bond motifs is 1. The monoisotopic (exact) mass is 474 g/mol. The summed E-state index contributed by atoms with van der Waals surface area (Å²) in [6, 6.07) is 21.9. The molecule has 34 heavy (non-hydrogen) atoms. The number of carbonyl (C=O) groups excluding carboxylic acids is 1. The van der Waals surface area contributed by atoms with Crippen molar-refractivity contribution in [3.8, 4) is 0 Å². The number of benzene rings is 2. The molecule has 0 amide bonds. The lowest BCUT2D eigenvalue weighted by molar-refractivity contribution is -0.121. The van der Waals surface area contributed by atoms with Crippen molar-refractivity contribution in [1.29, 1.82) is 0 Å². The second-order valence-corrected chi connectivity index (χ2v) is 16.1. The van der Waals surface area contributed by atoms with Crippen LogP contribution in [0.1, 0.15) is 66.2 Å². The third kappa shape index (κ3) is 4.26. The zero-order valence-electron chi connectivity index (χ0n) is 21.5. The van der Waals surface area contributed by atoms with Gasteiger partial charge in [0.2, 0.25) is 0 Å². The molecule has 0 aliphatic heterocycles. The summed E-state index contributed by atoms with van der Waals surface area (Å²) >= 11 is 0. The second kappa shape index (κ2) is 9.95. The normalized spacial score (nSPS) is 29.4. The van der Waals surface area contributed by atoms with E-state index in [1.807, 2.05) is 0 Å². The summed E-state index contributed by atoms with van der Waals surface area (Å²) in [4.78, 5) is 12.5. The van der Waals surface area contributed by atoms with Gasteiger partial charge in [-0.3, -0.25) is 0 Å². The van der Waals surface area contributed by atoms with Crippen LogP contribution >= 0.6 is 0 Å². The molecule has 0 spiro atoms. The highest BCUT2D eigenvalue weighted by atomic mass is 28.4. The Labute approximate surface area is 208 Å². The largest absolute Gasteiger partial charge is 0.404 e. The number of hydrogen-bond acceptors (Lipinski definition) is 2. The molecule has 2 nitrogen and oxygen atoms in total. The van der Waals surface area contributed by atoms with Crippen LogP contribution < -0.4 is 10.4 Å². The van der Waals surface area contributed by atoms with Gasteiger partial charge >= 0.3 is 0 Å². The summed E-state index contributed by atoms with van der Waals surface area (Å²) in [6.45, 7) is 13.3. The van der Waals surface area contributed by atoms with E-state index in [0.29, 0.717) is 5.92 Å². The smallest absolute Gasteiger partial charge is 0.261 e. The average Bonchev–Trinajstić information content (AvgIpc) is 3.20. The van der Waals surface area contributed by atoms with E-state index in [0.717, 1.165) is 32.1 Å². The van der Waals surface area contributed by atoms with Gasteiger partial charge in [-0.15, -0.1) is 6.58 Å². The number of hydrogen-bond donors (Lipinski definition) is 0. The molecule has 0 bridgehead atoms. The van der Waals surface area contributed by atoms with Crippen LogP contribution in [0, 0.1) is 23.2 Å². The van der Waals surface area contributed by atoms with E-state index < -0.39 is 8.32 Å². The van der Waals surface area contributed by atoms with E-state index in [2.05, 4.69) is 101 Å². The van der Waals surface area contributed by atoms with Gasteiger partial charge in [-0.25, -0.2) is 0 Å². The molecule has 0 saturated heterocycles. The Balaban J connectivity index is 1.84. The first kappa shape index (κ1) is 25.1. The van der Waals surface area contributed by atoms with Crippen LogP contribution in [0.5, 0.6) is 0 Å². The first-order chi connectivity index (χ1) is 16.3. The van der Waals surface area contributed by atoms with Gasteiger partial charge in [0.1, 0.15) is 6.29 Å². The maximum absolute atomic E-state index is 12.5. The minimum absolute atomic E-state index is 0.0565. The molecule has 2 aliphatic carbocycles. The molecule has 0 aromatic heterocycles. The number of rotatable bonds is 8. The van der Waals surface area contributed by atoms with Crippen LogP contribution in [-0.2, 0) is 9.22 Å². The molecule has 2 fully saturated rings. The first-order valence-corrected chi connectivity index (χ1v) is 15.0. The van der Waals surface area contributed by atoms with Gasteiger partial charge in [0.25, 0.3) is 8.32 Å². The van der Waals surface area contributed by atoms with Crippen molar-refractivity contribution in [3.63, 3.8) is 0 Å². The van der Waals surface area contributed by atoms with Gasteiger partial charge < -0.3 is 9.22 Å². The summed E-state index contributed by atoms with van der Waals surface area (Å²) in [6.07, 6.45) is 10.1. The maximum Gasteiger partial charge on any atom is 0.261 e. The fraction of sp³-hybridized carbons (Fsp3) is 0.516. The van der Waals surface area contributed by atoms with Gasteiger partial charge in [0, 0.05) is 12.0 Å². The quantitative estimate of drug-likeness (QED) is 0.247. The fourth-order valence-corrected chi connectivity index (χ4v) is 12.0. The summed E-state index contributed by atoms with van der Waals surface area (Å²) in [5, 5.41) is 2.59. The van der Waals surface area contributed by atoms with Crippen LogP contribution in [0.2, 0.25) is 5.04 Å². The minimum atomic E-state index is -2.66. The Bertz CT molecular complexity index is 924. The van der Waals surface area contributed by atoms with E-state index >= 15 is 0 Å². The zero-order chi connectivity index (χ0) is 24.4. The molecule has 0 N–H and O–H groups in total. The molecule has 0 heterocycles. The van der Waals surface area contributed by atoms with Crippen molar-refractivity contribution in [2.24, 2.45) is 23.2 Å². The predicted octanol–water partition coefficient (Wildman–Crippen LogP) is 6.54. The van der Waals surface area contributed by atoms with Crippen LogP contribution in [0.4, 0.5) is 0 Å². The molecule has 0 unspecified atom stereocenters. The molecule has 3 heteroatoms. The molecule has 2 saturated carbocycles. The third-order valence-electron chi connectivity index (χ3n) is 8.95. The zero-order valence-corrected chi connectivity index (χ0v) is 22.5. The number of aldehydes is 1. The van der Waals surface area contributed by atoms with Gasteiger partial charge in [-0.2, -0.15) is 0 Å². The number of allylic oxidation sites excluding steroid dienone is 1. The van der Waals surface area contributed by atoms with Crippen molar-refractivity contribution >= 4 is 25.0 Å². The van der Waals surface area contributed by atoms with Crippen molar-refractivity contribution in [2.45, 2.75) is 77.4 Å². The second-order valence-electron chi connectivity index (χ2n) is 11.8. The number of carbonyl (C=O) groups is 1. The molecular formula is C31H42O2Si. The molecule has 182 valence electrons. The van der Waals surface area contributed by atoms with Gasteiger partial charge in [-0.05, 0) is 71.2 Å². The van der Waals surface area contributed by atoms with E-state index in [1.54, 1.807) is 0 Å². The van der Waals surface area contributed by atoms with Gasteiger partial charge in [0.15, 0.2) is 0 Å². The Kier molecular flexibility index (Phi) is 7.35. The van der Waals surface area contributed by atoms with E-state index in [9.17, 15) is 4.79 Å². The lowest BCUT2D eigenvalue weighted by Gasteiger charge is -2.50. The molecule has 2 aromatic rings. The van der Waals surface area contributed by atoms with Crippen molar-refractivity contribution in [1.82, 2.24) is 0 Å². The summed E-state index contributed by atoms with van der Waals surface area (Å²) in [5.74, 6) is 0.780. The van der Waals surface area contributed by atoms with Crippen molar-refractivity contribution in [2.75, 3.05) is 0 Å². The Morgan fingerprint density at radius 2 is 1.56 bits per heavy atom. The molecule has 2 aromatic carbocycles. The Morgan fingerprint density at radius 3 is 2.06 bits per heavy atom. The van der Waals surface area contributed by atoms with E-state index in [1.165, 1.54) is 23.1 Å². The summed E-state index contributed by atoms with van der Waals surface area (Å²) < 4.78 is 7.64. The standard InChI is InChI=1S/C31H42O2Si/c1-6-7-20-31-21-18-24(2)27(23-32)29(31)28(19-22-31)33-34(30(3,4)5,25-14-10-8-11-15-25)26-16-12-9-13-17-26/h6,8-17,23-24,27-29H,1,7,18-22H2,2-5H3/t24-,27-,28+,29-,31+/m1/s1. The maximum atomic E-state index is 12.5.